The largest absolute Gasteiger partial charge is 0.508 e. The summed E-state index contributed by atoms with van der Waals surface area (Å²) in [5.41, 5.74) is 4.62. The summed E-state index contributed by atoms with van der Waals surface area (Å²) in [6.45, 7) is 0. The Bertz CT molecular complexity index is 632. The van der Waals surface area contributed by atoms with Crippen LogP contribution in [-0.4, -0.2) is 19.3 Å². The number of hydrogen-bond acceptors (Lipinski definition) is 3. The maximum atomic E-state index is 9.61. The van der Waals surface area contributed by atoms with Gasteiger partial charge in [-0.15, -0.1) is 0 Å². The van der Waals surface area contributed by atoms with Crippen molar-refractivity contribution in [3.8, 4) is 28.4 Å². The van der Waals surface area contributed by atoms with E-state index in [-0.39, 0.29) is 0 Å². The first-order chi connectivity index (χ1) is 9.24. The van der Waals surface area contributed by atoms with Gasteiger partial charge in [0.15, 0.2) is 11.5 Å². The van der Waals surface area contributed by atoms with Crippen molar-refractivity contribution in [2.75, 3.05) is 14.2 Å². The zero-order chi connectivity index (χ0) is 13.4. The molecule has 0 spiro atoms. The Morgan fingerprint density at radius 2 is 1.74 bits per heavy atom. The van der Waals surface area contributed by atoms with Crippen molar-refractivity contribution in [3.63, 3.8) is 0 Å². The third-order valence-corrected chi connectivity index (χ3v) is 3.65. The molecule has 3 rings (SSSR count). The normalized spacial score (nSPS) is 12.5. The maximum Gasteiger partial charge on any atom is 0.168 e. The molecular formula is C16H16O3. The Morgan fingerprint density at radius 1 is 0.947 bits per heavy atom. The van der Waals surface area contributed by atoms with E-state index in [0.29, 0.717) is 5.75 Å². The average molecular weight is 256 g/mol. The summed E-state index contributed by atoms with van der Waals surface area (Å²) in [4.78, 5) is 0. The number of fused-ring (bicyclic) bond motifs is 3. The molecule has 0 bridgehead atoms. The number of ether oxygens (including phenoxy) is 2. The highest BCUT2D eigenvalue weighted by Crippen LogP contribution is 2.45. The topological polar surface area (TPSA) is 38.7 Å². The molecule has 3 nitrogen and oxygen atoms in total. The Balaban J connectivity index is 2.28. The van der Waals surface area contributed by atoms with Crippen LogP contribution in [0.2, 0.25) is 0 Å². The third-order valence-electron chi connectivity index (χ3n) is 3.65. The molecule has 19 heavy (non-hydrogen) atoms. The van der Waals surface area contributed by atoms with E-state index >= 15 is 0 Å². The molecular weight excluding hydrogens is 240 g/mol. The van der Waals surface area contributed by atoms with Crippen LogP contribution in [0.3, 0.4) is 0 Å². The smallest absolute Gasteiger partial charge is 0.168 e. The second-order valence-electron chi connectivity index (χ2n) is 4.68. The minimum absolute atomic E-state index is 0.309. The van der Waals surface area contributed by atoms with E-state index in [2.05, 4.69) is 6.07 Å². The SMILES string of the molecule is COc1ccc2c(c1OC)-c1ccc(O)cc1CC2. The van der Waals surface area contributed by atoms with Crippen LogP contribution in [0.1, 0.15) is 11.1 Å². The first kappa shape index (κ1) is 11.9. The average Bonchev–Trinajstić information content (AvgIpc) is 2.45. The quantitative estimate of drug-likeness (QED) is 0.897. The van der Waals surface area contributed by atoms with Crippen LogP contribution in [-0.2, 0) is 12.8 Å². The predicted octanol–water partition coefficient (Wildman–Crippen LogP) is 3.18. The lowest BCUT2D eigenvalue weighted by Crippen LogP contribution is -2.06. The summed E-state index contributed by atoms with van der Waals surface area (Å²) in [5, 5.41) is 9.61. The van der Waals surface area contributed by atoms with Gasteiger partial charge in [0.1, 0.15) is 5.75 Å². The molecule has 1 aliphatic rings. The van der Waals surface area contributed by atoms with Crippen LogP contribution in [0.5, 0.6) is 17.2 Å². The van der Waals surface area contributed by atoms with E-state index in [4.69, 9.17) is 9.47 Å². The fourth-order valence-electron chi connectivity index (χ4n) is 2.77. The van der Waals surface area contributed by atoms with Crippen LogP contribution in [0, 0.1) is 0 Å². The number of aromatic hydroxyl groups is 1. The number of aryl methyl sites for hydroxylation is 2. The molecule has 3 heteroatoms. The number of phenolic OH excluding ortho intramolecular Hbond substituents is 1. The lowest BCUT2D eigenvalue weighted by Gasteiger charge is -2.23. The van der Waals surface area contributed by atoms with Gasteiger partial charge < -0.3 is 14.6 Å². The first-order valence-corrected chi connectivity index (χ1v) is 6.30. The van der Waals surface area contributed by atoms with Crippen molar-refractivity contribution in [2.45, 2.75) is 12.8 Å². The number of rotatable bonds is 2. The van der Waals surface area contributed by atoms with Crippen LogP contribution in [0.15, 0.2) is 30.3 Å². The van der Waals surface area contributed by atoms with Gasteiger partial charge in [0.2, 0.25) is 0 Å². The molecule has 0 radical (unpaired) electrons. The minimum atomic E-state index is 0.309. The molecule has 0 fully saturated rings. The van der Waals surface area contributed by atoms with Crippen molar-refractivity contribution >= 4 is 0 Å². The minimum Gasteiger partial charge on any atom is -0.508 e. The van der Waals surface area contributed by atoms with Gasteiger partial charge in [-0.3, -0.25) is 0 Å². The van der Waals surface area contributed by atoms with Crippen molar-refractivity contribution < 1.29 is 14.6 Å². The lowest BCUT2D eigenvalue weighted by atomic mass is 9.84. The highest BCUT2D eigenvalue weighted by atomic mass is 16.5. The predicted molar refractivity (Wildman–Crippen MR) is 74.1 cm³/mol. The summed E-state index contributed by atoms with van der Waals surface area (Å²) in [5.74, 6) is 1.82. The first-order valence-electron chi connectivity index (χ1n) is 6.30. The molecule has 1 N–H and O–H groups in total. The molecule has 0 heterocycles. The monoisotopic (exact) mass is 256 g/mol. The maximum absolute atomic E-state index is 9.61. The van der Waals surface area contributed by atoms with Gasteiger partial charge in [0.25, 0.3) is 0 Å². The second-order valence-corrected chi connectivity index (χ2v) is 4.68. The summed E-state index contributed by atoms with van der Waals surface area (Å²) >= 11 is 0. The van der Waals surface area contributed by atoms with E-state index in [1.165, 1.54) is 5.56 Å². The van der Waals surface area contributed by atoms with Gasteiger partial charge in [0, 0.05) is 5.56 Å². The van der Waals surface area contributed by atoms with Crippen molar-refractivity contribution in [3.05, 3.63) is 41.5 Å². The number of methoxy groups -OCH3 is 2. The molecule has 0 saturated carbocycles. The molecule has 2 aromatic carbocycles. The Hall–Kier alpha value is -2.16. The molecule has 0 aliphatic heterocycles. The molecule has 0 saturated heterocycles. The van der Waals surface area contributed by atoms with Crippen LogP contribution < -0.4 is 9.47 Å². The Labute approximate surface area is 112 Å². The number of hydrogen-bond donors (Lipinski definition) is 1. The van der Waals surface area contributed by atoms with Gasteiger partial charge in [-0.1, -0.05) is 12.1 Å². The molecule has 2 aromatic rings. The fraction of sp³-hybridized carbons (Fsp3) is 0.250. The Kier molecular flexibility index (Phi) is 2.82. The van der Waals surface area contributed by atoms with Crippen LogP contribution >= 0.6 is 0 Å². The summed E-state index contributed by atoms with van der Waals surface area (Å²) < 4.78 is 10.9. The highest BCUT2D eigenvalue weighted by molar-refractivity contribution is 5.81. The van der Waals surface area contributed by atoms with Crippen molar-refractivity contribution in [1.29, 1.82) is 0 Å². The van der Waals surface area contributed by atoms with E-state index in [1.54, 1.807) is 20.3 Å². The van der Waals surface area contributed by atoms with Crippen molar-refractivity contribution in [1.82, 2.24) is 0 Å². The van der Waals surface area contributed by atoms with Gasteiger partial charge in [-0.25, -0.2) is 0 Å². The van der Waals surface area contributed by atoms with Gasteiger partial charge in [0.05, 0.1) is 14.2 Å². The molecule has 0 unspecified atom stereocenters. The standard InChI is InChI=1S/C16H16O3/c1-18-14-8-5-10-3-4-11-9-12(17)6-7-13(11)15(10)16(14)19-2/h5-9,17H,3-4H2,1-2H3. The van der Waals surface area contributed by atoms with E-state index < -0.39 is 0 Å². The summed E-state index contributed by atoms with van der Waals surface area (Å²) in [6, 6.07) is 9.53. The Morgan fingerprint density at radius 3 is 2.47 bits per heavy atom. The second kappa shape index (κ2) is 4.50. The van der Waals surface area contributed by atoms with E-state index in [0.717, 1.165) is 41.0 Å². The van der Waals surface area contributed by atoms with Crippen LogP contribution in [0.25, 0.3) is 11.1 Å². The molecule has 98 valence electrons. The van der Waals surface area contributed by atoms with Crippen LogP contribution in [0.4, 0.5) is 0 Å². The number of benzene rings is 2. The highest BCUT2D eigenvalue weighted by Gasteiger charge is 2.22. The van der Waals surface area contributed by atoms with Gasteiger partial charge in [-0.05, 0) is 47.7 Å². The lowest BCUT2D eigenvalue weighted by molar-refractivity contribution is 0.355. The molecule has 1 aliphatic carbocycles. The van der Waals surface area contributed by atoms with Crippen molar-refractivity contribution in [2.24, 2.45) is 0 Å². The zero-order valence-electron chi connectivity index (χ0n) is 11.1. The third kappa shape index (κ3) is 1.82. The summed E-state index contributed by atoms with van der Waals surface area (Å²) in [7, 11) is 3.30. The van der Waals surface area contributed by atoms with Gasteiger partial charge >= 0.3 is 0 Å². The molecule has 0 aromatic heterocycles. The van der Waals surface area contributed by atoms with Gasteiger partial charge in [-0.2, -0.15) is 0 Å². The van der Waals surface area contributed by atoms with E-state index in [9.17, 15) is 5.11 Å². The molecule has 0 amide bonds. The van der Waals surface area contributed by atoms with E-state index in [1.807, 2.05) is 18.2 Å². The number of phenols is 1. The zero-order valence-corrected chi connectivity index (χ0v) is 11.1. The molecule has 0 atom stereocenters. The summed E-state index contributed by atoms with van der Waals surface area (Å²) in [6.07, 6.45) is 1.89. The fourth-order valence-corrected chi connectivity index (χ4v) is 2.77.